The lowest BCUT2D eigenvalue weighted by molar-refractivity contribution is 0.0531. The number of halogens is 2. The summed E-state index contributed by atoms with van der Waals surface area (Å²) in [6, 6.07) is 7.35. The third kappa shape index (κ3) is 3.09. The molecule has 2 aliphatic heterocycles. The van der Waals surface area contributed by atoms with Crippen molar-refractivity contribution in [3.63, 3.8) is 0 Å². The minimum atomic E-state index is -0.265. The molecule has 2 saturated heterocycles. The number of hydrogen-bond donors (Lipinski definition) is 0. The van der Waals surface area contributed by atoms with E-state index in [1.807, 2.05) is 12.1 Å². The minimum Gasteiger partial charge on any atom is -0.378 e. The number of benzene rings is 1. The average molecular weight is 379 g/mol. The van der Waals surface area contributed by atoms with Crippen LogP contribution in [0, 0.1) is 11.7 Å². The van der Waals surface area contributed by atoms with E-state index in [0.29, 0.717) is 22.0 Å². The molecule has 0 bridgehead atoms. The molecule has 3 heterocycles. The second kappa shape index (κ2) is 6.36. The molecule has 0 N–H and O–H groups in total. The molecule has 0 aliphatic carbocycles. The van der Waals surface area contributed by atoms with Crippen LogP contribution in [-0.2, 0) is 4.74 Å². The number of fused-ring (bicyclic) bond motifs is 1. The van der Waals surface area contributed by atoms with E-state index in [1.54, 1.807) is 6.07 Å². The number of piperidine rings is 1. The first-order valence-electron chi connectivity index (χ1n) is 8.33. The highest BCUT2D eigenvalue weighted by Crippen LogP contribution is 2.31. The van der Waals surface area contributed by atoms with Crippen molar-refractivity contribution in [2.24, 2.45) is 5.92 Å². The number of ether oxygens (including phenoxy) is 1. The van der Waals surface area contributed by atoms with Crippen molar-refractivity contribution < 1.29 is 9.13 Å². The van der Waals surface area contributed by atoms with Crippen LogP contribution in [0.2, 0.25) is 0 Å². The van der Waals surface area contributed by atoms with Gasteiger partial charge in [-0.3, -0.25) is 0 Å². The van der Waals surface area contributed by atoms with Crippen molar-refractivity contribution in [1.29, 1.82) is 0 Å². The molecule has 1 unspecified atom stereocenters. The van der Waals surface area contributed by atoms with Crippen LogP contribution in [0.5, 0.6) is 0 Å². The van der Waals surface area contributed by atoms with Crippen LogP contribution in [0.1, 0.15) is 25.7 Å². The summed E-state index contributed by atoms with van der Waals surface area (Å²) >= 11 is 3.23. The quantitative estimate of drug-likeness (QED) is 0.767. The molecule has 3 nitrogen and oxygen atoms in total. The van der Waals surface area contributed by atoms with E-state index in [4.69, 9.17) is 4.74 Å². The highest BCUT2D eigenvalue weighted by atomic mass is 79.9. The van der Waals surface area contributed by atoms with Crippen LogP contribution in [0.3, 0.4) is 0 Å². The van der Waals surface area contributed by atoms with E-state index in [9.17, 15) is 4.39 Å². The summed E-state index contributed by atoms with van der Waals surface area (Å²) in [6.45, 7) is 2.93. The standard InChI is InChI=1S/C18H20BrFN2O/c19-14-10-13-3-4-18(21-16(13)11-15(14)20)22-7-5-12(6-8-22)17-2-1-9-23-17/h3-4,10-12,17H,1-2,5-9H2. The maximum absolute atomic E-state index is 13.7. The molecule has 2 aromatic rings. The second-order valence-electron chi connectivity index (χ2n) is 6.50. The van der Waals surface area contributed by atoms with Gasteiger partial charge in [0.05, 0.1) is 16.1 Å². The maximum atomic E-state index is 13.7. The van der Waals surface area contributed by atoms with E-state index in [1.165, 1.54) is 18.9 Å². The van der Waals surface area contributed by atoms with Crippen molar-refractivity contribution in [3.05, 3.63) is 34.6 Å². The lowest BCUT2D eigenvalue weighted by Crippen LogP contribution is -2.38. The third-order valence-electron chi connectivity index (χ3n) is 5.07. The molecule has 1 aromatic heterocycles. The summed E-state index contributed by atoms with van der Waals surface area (Å²) in [5, 5.41) is 0.955. The maximum Gasteiger partial charge on any atom is 0.139 e. The Morgan fingerprint density at radius 1 is 1.17 bits per heavy atom. The fourth-order valence-electron chi connectivity index (χ4n) is 3.76. The van der Waals surface area contributed by atoms with E-state index in [2.05, 4.69) is 25.8 Å². The van der Waals surface area contributed by atoms with Gasteiger partial charge in [0.25, 0.3) is 0 Å². The van der Waals surface area contributed by atoms with E-state index in [0.717, 1.165) is 43.7 Å². The molecule has 122 valence electrons. The molecular weight excluding hydrogens is 359 g/mol. The van der Waals surface area contributed by atoms with Gasteiger partial charge >= 0.3 is 0 Å². The number of nitrogens with zero attached hydrogens (tertiary/aromatic N) is 2. The lowest BCUT2D eigenvalue weighted by atomic mass is 9.90. The second-order valence-corrected chi connectivity index (χ2v) is 7.36. The molecule has 4 rings (SSSR count). The predicted octanol–water partition coefficient (Wildman–Crippen LogP) is 4.53. The molecule has 2 fully saturated rings. The van der Waals surface area contributed by atoms with Gasteiger partial charge in [-0.15, -0.1) is 0 Å². The molecule has 0 saturated carbocycles. The number of pyridine rings is 1. The fourth-order valence-corrected chi connectivity index (χ4v) is 4.12. The Hall–Kier alpha value is -1.20. The number of anilines is 1. The van der Waals surface area contributed by atoms with E-state index < -0.39 is 0 Å². The van der Waals surface area contributed by atoms with Gasteiger partial charge in [0.1, 0.15) is 11.6 Å². The van der Waals surface area contributed by atoms with Crippen molar-refractivity contribution in [3.8, 4) is 0 Å². The lowest BCUT2D eigenvalue weighted by Gasteiger charge is -2.35. The van der Waals surface area contributed by atoms with Crippen molar-refractivity contribution >= 4 is 32.7 Å². The minimum absolute atomic E-state index is 0.265. The molecule has 0 radical (unpaired) electrons. The Bertz CT molecular complexity index is 709. The number of hydrogen-bond acceptors (Lipinski definition) is 3. The summed E-state index contributed by atoms with van der Waals surface area (Å²) < 4.78 is 20.1. The average Bonchev–Trinajstić information content (AvgIpc) is 3.10. The summed E-state index contributed by atoms with van der Waals surface area (Å²) in [5.74, 6) is 1.37. The van der Waals surface area contributed by atoms with Crippen LogP contribution >= 0.6 is 15.9 Å². The molecular formula is C18H20BrFN2O. The molecule has 0 amide bonds. The Kier molecular flexibility index (Phi) is 4.24. The molecule has 1 aromatic carbocycles. The topological polar surface area (TPSA) is 25.4 Å². The van der Waals surface area contributed by atoms with Gasteiger partial charge in [-0.25, -0.2) is 9.37 Å². The van der Waals surface area contributed by atoms with Crippen LogP contribution < -0.4 is 4.90 Å². The van der Waals surface area contributed by atoms with Crippen LogP contribution in [-0.4, -0.2) is 30.8 Å². The molecule has 2 aliphatic rings. The van der Waals surface area contributed by atoms with Gasteiger partial charge in [-0.2, -0.15) is 0 Å². The van der Waals surface area contributed by atoms with Gasteiger partial charge in [-0.05, 0) is 65.7 Å². The third-order valence-corrected chi connectivity index (χ3v) is 5.68. The van der Waals surface area contributed by atoms with Crippen molar-refractivity contribution in [2.75, 3.05) is 24.6 Å². The van der Waals surface area contributed by atoms with Crippen LogP contribution in [0.25, 0.3) is 10.9 Å². The van der Waals surface area contributed by atoms with E-state index in [-0.39, 0.29) is 5.82 Å². The monoisotopic (exact) mass is 378 g/mol. The highest BCUT2D eigenvalue weighted by molar-refractivity contribution is 9.10. The largest absolute Gasteiger partial charge is 0.378 e. The summed E-state index contributed by atoms with van der Waals surface area (Å²) in [4.78, 5) is 6.97. The molecule has 23 heavy (non-hydrogen) atoms. The molecule has 5 heteroatoms. The van der Waals surface area contributed by atoms with Crippen molar-refractivity contribution in [2.45, 2.75) is 31.8 Å². The van der Waals surface area contributed by atoms with Gasteiger partial charge < -0.3 is 9.64 Å². The Labute approximate surface area is 144 Å². The SMILES string of the molecule is Fc1cc2nc(N3CCC(C4CCCO4)CC3)ccc2cc1Br. The summed E-state index contributed by atoms with van der Waals surface area (Å²) in [6.07, 6.45) is 5.19. The highest BCUT2D eigenvalue weighted by Gasteiger charge is 2.29. The number of aromatic nitrogens is 1. The predicted molar refractivity (Wildman–Crippen MR) is 93.3 cm³/mol. The fraction of sp³-hybridized carbons (Fsp3) is 0.500. The number of rotatable bonds is 2. The van der Waals surface area contributed by atoms with Crippen molar-refractivity contribution in [1.82, 2.24) is 4.98 Å². The smallest absolute Gasteiger partial charge is 0.139 e. The van der Waals surface area contributed by atoms with E-state index >= 15 is 0 Å². The zero-order valence-electron chi connectivity index (χ0n) is 13.0. The summed E-state index contributed by atoms with van der Waals surface area (Å²) in [7, 11) is 0. The van der Waals surface area contributed by atoms with Gasteiger partial charge in [0.15, 0.2) is 0 Å². The van der Waals surface area contributed by atoms with Crippen LogP contribution in [0.15, 0.2) is 28.7 Å². The first-order chi connectivity index (χ1) is 11.2. The Morgan fingerprint density at radius 2 is 2.00 bits per heavy atom. The zero-order chi connectivity index (χ0) is 15.8. The first kappa shape index (κ1) is 15.3. The molecule has 1 atom stereocenters. The zero-order valence-corrected chi connectivity index (χ0v) is 14.6. The van der Waals surface area contributed by atoms with Gasteiger partial charge in [0.2, 0.25) is 0 Å². The normalized spacial score (nSPS) is 22.9. The van der Waals surface area contributed by atoms with Crippen LogP contribution in [0.4, 0.5) is 10.2 Å². The Balaban J connectivity index is 1.50. The van der Waals surface area contributed by atoms with Gasteiger partial charge in [-0.1, -0.05) is 0 Å². The summed E-state index contributed by atoms with van der Waals surface area (Å²) in [5.41, 5.74) is 0.712. The molecule has 0 spiro atoms. The Morgan fingerprint density at radius 3 is 2.74 bits per heavy atom. The first-order valence-corrected chi connectivity index (χ1v) is 9.12. The van der Waals surface area contributed by atoms with Gasteiger partial charge in [0, 0.05) is 31.1 Å².